The number of nitro groups is 1. The second kappa shape index (κ2) is 9.98. The second-order valence-electron chi connectivity index (χ2n) is 8.45. The number of carbonyl (C=O) groups is 3. The van der Waals surface area contributed by atoms with Crippen molar-refractivity contribution < 1.29 is 28.4 Å². The molecule has 34 heavy (non-hydrogen) atoms. The van der Waals surface area contributed by atoms with Gasteiger partial charge in [0.05, 0.1) is 16.8 Å². The zero-order valence-electron chi connectivity index (χ0n) is 18.4. The Morgan fingerprint density at radius 3 is 2.62 bits per heavy atom. The molecule has 1 saturated carbocycles. The van der Waals surface area contributed by atoms with Crippen molar-refractivity contribution in [1.29, 1.82) is 0 Å². The van der Waals surface area contributed by atoms with E-state index in [1.807, 2.05) is 24.3 Å². The van der Waals surface area contributed by atoms with Crippen LogP contribution in [0.3, 0.4) is 0 Å². The first-order valence-electron chi connectivity index (χ1n) is 11.1. The van der Waals surface area contributed by atoms with Gasteiger partial charge in [-0.3, -0.25) is 24.5 Å². The number of nitrogens with zero attached hydrogens (tertiary/aromatic N) is 2. The summed E-state index contributed by atoms with van der Waals surface area (Å²) in [4.78, 5) is 50.0. The number of hydrogen-bond donors (Lipinski definition) is 1. The average molecular weight is 469 g/mol. The number of nitro benzene ring substituents is 1. The van der Waals surface area contributed by atoms with Gasteiger partial charge < -0.3 is 15.0 Å². The molecule has 0 bridgehead atoms. The topological polar surface area (TPSA) is 119 Å². The Labute approximate surface area is 195 Å². The quantitative estimate of drug-likeness (QED) is 0.392. The summed E-state index contributed by atoms with van der Waals surface area (Å²) in [6.07, 6.45) is 3.45. The Balaban J connectivity index is 1.37. The summed E-state index contributed by atoms with van der Waals surface area (Å²) in [7, 11) is 0. The third-order valence-corrected chi connectivity index (χ3v) is 6.31. The molecule has 2 amide bonds. The fourth-order valence-electron chi connectivity index (χ4n) is 4.65. The Morgan fingerprint density at radius 1 is 1.12 bits per heavy atom. The molecule has 2 aromatic carbocycles. The first kappa shape index (κ1) is 23.3. The maximum absolute atomic E-state index is 13.5. The van der Waals surface area contributed by atoms with E-state index in [4.69, 9.17) is 4.74 Å². The maximum Gasteiger partial charge on any atom is 0.310 e. The molecule has 0 saturated heterocycles. The van der Waals surface area contributed by atoms with Crippen molar-refractivity contribution in [2.24, 2.45) is 11.8 Å². The highest BCUT2D eigenvalue weighted by Gasteiger charge is 2.40. The summed E-state index contributed by atoms with van der Waals surface area (Å²) in [5, 5.41) is 13.2. The highest BCUT2D eigenvalue weighted by molar-refractivity contribution is 5.99. The Hall–Kier alpha value is -3.82. The number of esters is 1. The van der Waals surface area contributed by atoms with E-state index in [1.54, 1.807) is 4.90 Å². The second-order valence-corrected chi connectivity index (χ2v) is 8.45. The number of hydrogen-bond acceptors (Lipinski definition) is 6. The van der Waals surface area contributed by atoms with Crippen LogP contribution in [0.15, 0.2) is 42.5 Å². The lowest BCUT2D eigenvalue weighted by molar-refractivity contribution is -0.387. The molecule has 178 valence electrons. The minimum Gasteiger partial charge on any atom is -0.455 e. The lowest BCUT2D eigenvalue weighted by Crippen LogP contribution is -2.42. The molecule has 2 aromatic rings. The standard InChI is InChI=1S/C24H24FN3O6/c25-19-10-9-16(13-21(19)28(32)33)26-22(29)14-34-24(31)18-7-3-2-6-17(18)23(30)27-12-11-15-5-1-4-8-20(15)27/h1,4-5,8-10,13,17-18H,2-3,6-7,11-12,14H2,(H,26,29). The predicted octanol–water partition coefficient (Wildman–Crippen LogP) is 3.61. The number of anilines is 2. The van der Waals surface area contributed by atoms with E-state index in [0.29, 0.717) is 19.4 Å². The Kier molecular flexibility index (Phi) is 6.85. The largest absolute Gasteiger partial charge is 0.455 e. The van der Waals surface area contributed by atoms with Gasteiger partial charge in [0.25, 0.3) is 5.91 Å². The number of fused-ring (bicyclic) bond motifs is 1. The highest BCUT2D eigenvalue weighted by atomic mass is 19.1. The predicted molar refractivity (Wildman–Crippen MR) is 121 cm³/mol. The summed E-state index contributed by atoms with van der Waals surface area (Å²) in [5.41, 5.74) is 1.20. The molecule has 1 aliphatic heterocycles. The van der Waals surface area contributed by atoms with E-state index in [9.17, 15) is 28.9 Å². The minimum absolute atomic E-state index is 0.00701. The van der Waals surface area contributed by atoms with Gasteiger partial charge >= 0.3 is 11.7 Å². The number of benzene rings is 2. The van der Waals surface area contributed by atoms with Gasteiger partial charge in [-0.2, -0.15) is 4.39 Å². The molecule has 2 atom stereocenters. The summed E-state index contributed by atoms with van der Waals surface area (Å²) < 4.78 is 18.7. The van der Waals surface area contributed by atoms with Crippen LogP contribution in [0.1, 0.15) is 31.2 Å². The normalized spacial score (nSPS) is 19.3. The van der Waals surface area contributed by atoms with Crippen LogP contribution in [0.4, 0.5) is 21.5 Å². The number of rotatable bonds is 6. The van der Waals surface area contributed by atoms with Crippen LogP contribution >= 0.6 is 0 Å². The van der Waals surface area contributed by atoms with Gasteiger partial charge in [-0.15, -0.1) is 0 Å². The van der Waals surface area contributed by atoms with Gasteiger partial charge in [0.2, 0.25) is 11.7 Å². The van der Waals surface area contributed by atoms with Gasteiger partial charge in [0.1, 0.15) is 0 Å². The van der Waals surface area contributed by atoms with E-state index >= 15 is 0 Å². The molecule has 1 aliphatic carbocycles. The molecule has 2 aliphatic rings. The summed E-state index contributed by atoms with van der Waals surface area (Å²) >= 11 is 0. The van der Waals surface area contributed by atoms with Gasteiger partial charge in [0, 0.05) is 24.0 Å². The summed E-state index contributed by atoms with van der Waals surface area (Å²) in [6.45, 7) is -0.0450. The van der Waals surface area contributed by atoms with Crippen LogP contribution in [-0.4, -0.2) is 35.9 Å². The molecule has 1 N–H and O–H groups in total. The number of amides is 2. The van der Waals surface area contributed by atoms with Gasteiger partial charge in [0.15, 0.2) is 6.61 Å². The number of carbonyl (C=O) groups excluding carboxylic acids is 3. The van der Waals surface area contributed by atoms with Gasteiger partial charge in [-0.25, -0.2) is 0 Å². The van der Waals surface area contributed by atoms with Crippen molar-refractivity contribution in [2.75, 3.05) is 23.4 Å². The first-order chi connectivity index (χ1) is 16.3. The molecule has 4 rings (SSSR count). The molecule has 2 unspecified atom stereocenters. The number of ether oxygens (including phenoxy) is 1. The van der Waals surface area contributed by atoms with Crippen molar-refractivity contribution in [1.82, 2.24) is 0 Å². The zero-order valence-corrected chi connectivity index (χ0v) is 18.4. The first-order valence-corrected chi connectivity index (χ1v) is 11.1. The monoisotopic (exact) mass is 469 g/mol. The maximum atomic E-state index is 13.5. The number of halogens is 1. The summed E-state index contributed by atoms with van der Waals surface area (Å²) in [5.74, 6) is -3.63. The molecule has 1 fully saturated rings. The van der Waals surface area contributed by atoms with Crippen molar-refractivity contribution in [2.45, 2.75) is 32.1 Å². The average Bonchev–Trinajstić information content (AvgIpc) is 3.27. The molecule has 0 aromatic heterocycles. The van der Waals surface area contributed by atoms with Crippen LogP contribution in [-0.2, 0) is 25.5 Å². The third kappa shape index (κ3) is 4.90. The fourth-order valence-corrected chi connectivity index (χ4v) is 4.65. The third-order valence-electron chi connectivity index (χ3n) is 6.31. The Bertz CT molecular complexity index is 1140. The number of para-hydroxylation sites is 1. The number of nitrogens with one attached hydrogen (secondary N) is 1. The molecular weight excluding hydrogens is 445 g/mol. The summed E-state index contributed by atoms with van der Waals surface area (Å²) in [6, 6.07) is 10.6. The lowest BCUT2D eigenvalue weighted by atomic mass is 9.78. The van der Waals surface area contributed by atoms with Crippen LogP contribution in [0.2, 0.25) is 0 Å². The van der Waals surface area contributed by atoms with E-state index in [1.165, 1.54) is 6.07 Å². The van der Waals surface area contributed by atoms with E-state index in [-0.39, 0.29) is 11.6 Å². The van der Waals surface area contributed by atoms with Crippen LogP contribution in [0.25, 0.3) is 0 Å². The van der Waals surface area contributed by atoms with E-state index < -0.39 is 46.7 Å². The zero-order chi connectivity index (χ0) is 24.2. The smallest absolute Gasteiger partial charge is 0.310 e. The molecule has 0 spiro atoms. The minimum atomic E-state index is -1.02. The lowest BCUT2D eigenvalue weighted by Gasteiger charge is -2.32. The van der Waals surface area contributed by atoms with Crippen LogP contribution in [0.5, 0.6) is 0 Å². The van der Waals surface area contributed by atoms with E-state index in [2.05, 4.69) is 5.32 Å². The van der Waals surface area contributed by atoms with Crippen LogP contribution in [0, 0.1) is 27.8 Å². The Morgan fingerprint density at radius 2 is 1.85 bits per heavy atom. The molecule has 1 heterocycles. The van der Waals surface area contributed by atoms with Crippen LogP contribution < -0.4 is 10.2 Å². The van der Waals surface area contributed by atoms with Crippen molar-refractivity contribution in [3.63, 3.8) is 0 Å². The highest BCUT2D eigenvalue weighted by Crippen LogP contribution is 2.36. The molecule has 10 heteroatoms. The van der Waals surface area contributed by atoms with E-state index in [0.717, 1.165) is 42.6 Å². The molecule has 9 nitrogen and oxygen atoms in total. The SMILES string of the molecule is O=C(COC(=O)C1CCCCC1C(=O)N1CCc2ccccc21)Nc1ccc(F)c([N+](=O)[O-])c1. The van der Waals surface area contributed by atoms with Crippen molar-refractivity contribution >= 4 is 34.8 Å². The van der Waals surface area contributed by atoms with Gasteiger partial charge in [-0.1, -0.05) is 31.0 Å². The fraction of sp³-hybridized carbons (Fsp3) is 0.375. The molecule has 0 radical (unpaired) electrons. The van der Waals surface area contributed by atoms with Crippen molar-refractivity contribution in [3.05, 3.63) is 64.0 Å². The molecular formula is C24H24FN3O6. The van der Waals surface area contributed by atoms with Crippen molar-refractivity contribution in [3.8, 4) is 0 Å². The van der Waals surface area contributed by atoms with Gasteiger partial charge in [-0.05, 0) is 43.0 Å².